The number of nitrogens with zero attached hydrogens (tertiary/aromatic N) is 1. The number of aliphatic imine (C=N–C) groups is 1. The van der Waals surface area contributed by atoms with Crippen molar-refractivity contribution < 1.29 is 4.74 Å². The molecule has 3 rings (SSSR count). The summed E-state index contributed by atoms with van der Waals surface area (Å²) in [7, 11) is 1.85. The second-order valence-corrected chi connectivity index (χ2v) is 7.42. The molecule has 0 aromatic carbocycles. The van der Waals surface area contributed by atoms with E-state index in [-0.39, 0.29) is 24.0 Å². The van der Waals surface area contributed by atoms with Crippen LogP contribution in [-0.4, -0.2) is 31.8 Å². The summed E-state index contributed by atoms with van der Waals surface area (Å²) in [6.07, 6.45) is 5.46. The van der Waals surface area contributed by atoms with E-state index in [9.17, 15) is 0 Å². The van der Waals surface area contributed by atoms with Gasteiger partial charge in [-0.15, -0.1) is 35.3 Å². The molecule has 2 saturated carbocycles. The van der Waals surface area contributed by atoms with Gasteiger partial charge in [0.25, 0.3) is 0 Å². The maximum Gasteiger partial charge on any atom is 0.191 e. The van der Waals surface area contributed by atoms with E-state index in [2.05, 4.69) is 40.9 Å². The van der Waals surface area contributed by atoms with Crippen LogP contribution in [-0.2, 0) is 11.3 Å². The van der Waals surface area contributed by atoms with E-state index in [1.165, 1.54) is 29.7 Å². The lowest BCUT2D eigenvalue weighted by atomic mass is 9.51. The zero-order chi connectivity index (χ0) is 15.6. The number of halogens is 1. The number of rotatable bonds is 5. The molecule has 0 saturated heterocycles. The number of aryl methyl sites for hydroxylation is 1. The Morgan fingerprint density at radius 2 is 2.26 bits per heavy atom. The molecule has 0 bridgehead atoms. The van der Waals surface area contributed by atoms with E-state index < -0.39 is 0 Å². The molecule has 2 aliphatic rings. The fourth-order valence-electron chi connectivity index (χ4n) is 3.75. The molecule has 2 fully saturated rings. The van der Waals surface area contributed by atoms with Crippen molar-refractivity contribution in [3.63, 3.8) is 0 Å². The van der Waals surface area contributed by atoms with Crippen LogP contribution in [0.25, 0.3) is 0 Å². The van der Waals surface area contributed by atoms with Crippen molar-refractivity contribution in [2.75, 3.05) is 13.7 Å². The van der Waals surface area contributed by atoms with Crippen molar-refractivity contribution >= 4 is 41.3 Å². The smallest absolute Gasteiger partial charge is 0.191 e. The molecule has 2 atom stereocenters. The third-order valence-corrected chi connectivity index (χ3v) is 6.38. The third kappa shape index (κ3) is 3.69. The Hall–Kier alpha value is -0.340. The summed E-state index contributed by atoms with van der Waals surface area (Å²) in [5.41, 5.74) is 1.72. The average Bonchev–Trinajstić information content (AvgIpc) is 2.84. The topological polar surface area (TPSA) is 45.6 Å². The van der Waals surface area contributed by atoms with E-state index in [4.69, 9.17) is 4.74 Å². The highest BCUT2D eigenvalue weighted by molar-refractivity contribution is 14.0. The molecule has 2 aliphatic carbocycles. The van der Waals surface area contributed by atoms with Gasteiger partial charge >= 0.3 is 0 Å². The lowest BCUT2D eigenvalue weighted by Crippen LogP contribution is -2.68. The van der Waals surface area contributed by atoms with Gasteiger partial charge in [-0.1, -0.05) is 6.42 Å². The van der Waals surface area contributed by atoms with Crippen LogP contribution < -0.4 is 10.6 Å². The number of nitrogens with one attached hydrogen (secondary N) is 2. The summed E-state index contributed by atoms with van der Waals surface area (Å²) in [6, 6.07) is 2.67. The molecular formula is C17H28IN3OS. The molecule has 0 amide bonds. The maximum absolute atomic E-state index is 5.92. The maximum atomic E-state index is 5.92. The number of thiophene rings is 1. The quantitative estimate of drug-likeness (QED) is 0.410. The molecule has 0 radical (unpaired) electrons. The molecule has 2 unspecified atom stereocenters. The van der Waals surface area contributed by atoms with Crippen LogP contribution in [0.4, 0.5) is 0 Å². The van der Waals surface area contributed by atoms with E-state index in [1.807, 2.05) is 7.05 Å². The molecule has 1 aromatic heterocycles. The van der Waals surface area contributed by atoms with Crippen molar-refractivity contribution in [2.45, 2.75) is 58.2 Å². The zero-order valence-electron chi connectivity index (χ0n) is 14.2. The highest BCUT2D eigenvalue weighted by Gasteiger charge is 2.59. The number of guanidine groups is 1. The lowest BCUT2D eigenvalue weighted by molar-refractivity contribution is -0.168. The first kappa shape index (κ1) is 19.0. The normalized spacial score (nSPS) is 25.3. The van der Waals surface area contributed by atoms with Crippen molar-refractivity contribution in [3.8, 4) is 0 Å². The van der Waals surface area contributed by atoms with Crippen LogP contribution >= 0.6 is 35.3 Å². The first-order chi connectivity index (χ1) is 10.7. The molecule has 1 spiro atoms. The number of hydrogen-bond acceptors (Lipinski definition) is 3. The van der Waals surface area contributed by atoms with Crippen LogP contribution in [0.5, 0.6) is 0 Å². The van der Waals surface area contributed by atoms with Gasteiger partial charge in [0, 0.05) is 30.0 Å². The number of hydrogen-bond donors (Lipinski definition) is 2. The minimum absolute atomic E-state index is 0. The van der Waals surface area contributed by atoms with Crippen LogP contribution in [0, 0.1) is 12.3 Å². The first-order valence-corrected chi connectivity index (χ1v) is 9.19. The Kier molecular flexibility index (Phi) is 6.74. The highest BCUT2D eigenvalue weighted by atomic mass is 127. The Morgan fingerprint density at radius 1 is 1.48 bits per heavy atom. The summed E-state index contributed by atoms with van der Waals surface area (Å²) in [5.74, 6) is 0.916. The van der Waals surface area contributed by atoms with E-state index in [0.29, 0.717) is 17.6 Å². The number of ether oxygens (including phenoxy) is 1. The van der Waals surface area contributed by atoms with Crippen LogP contribution in [0.15, 0.2) is 16.4 Å². The fraction of sp³-hybridized carbons (Fsp3) is 0.706. The predicted molar refractivity (Wildman–Crippen MR) is 108 cm³/mol. The Morgan fingerprint density at radius 3 is 2.78 bits per heavy atom. The van der Waals surface area contributed by atoms with Crippen molar-refractivity contribution in [1.82, 2.24) is 10.6 Å². The molecule has 1 heterocycles. The van der Waals surface area contributed by atoms with Crippen molar-refractivity contribution in [2.24, 2.45) is 10.4 Å². The monoisotopic (exact) mass is 449 g/mol. The Labute approximate surface area is 160 Å². The molecule has 0 aliphatic heterocycles. The van der Waals surface area contributed by atoms with E-state index >= 15 is 0 Å². The molecular weight excluding hydrogens is 421 g/mol. The summed E-state index contributed by atoms with van der Waals surface area (Å²) in [6.45, 7) is 5.92. The van der Waals surface area contributed by atoms with Crippen molar-refractivity contribution in [3.05, 3.63) is 21.9 Å². The summed E-state index contributed by atoms with van der Waals surface area (Å²) < 4.78 is 5.92. The molecule has 4 nitrogen and oxygen atoms in total. The lowest BCUT2D eigenvalue weighted by Gasteiger charge is -2.61. The van der Waals surface area contributed by atoms with Crippen molar-refractivity contribution in [1.29, 1.82) is 0 Å². The average molecular weight is 449 g/mol. The van der Waals surface area contributed by atoms with Gasteiger partial charge in [0.2, 0.25) is 0 Å². The standard InChI is InChI=1S/C17H27N3OS.HI/c1-4-21-15-10-14(17(15)7-5-8-17)20-16(18-3)19-11-13-12(2)6-9-22-13;/h6,9,14-15H,4-5,7-8,10-11H2,1-3H3,(H2,18,19,20);1H. The molecule has 23 heavy (non-hydrogen) atoms. The summed E-state index contributed by atoms with van der Waals surface area (Å²) >= 11 is 1.80. The van der Waals surface area contributed by atoms with Gasteiger partial charge in [-0.3, -0.25) is 4.99 Å². The second-order valence-electron chi connectivity index (χ2n) is 6.42. The van der Waals surface area contributed by atoms with Gasteiger partial charge in [-0.05, 0) is 50.1 Å². The van der Waals surface area contributed by atoms with E-state index in [1.54, 1.807) is 11.3 Å². The van der Waals surface area contributed by atoms with E-state index in [0.717, 1.165) is 25.5 Å². The third-order valence-electron chi connectivity index (χ3n) is 5.36. The predicted octanol–water partition coefficient (Wildman–Crippen LogP) is 3.69. The van der Waals surface area contributed by atoms with Crippen LogP contribution in [0.3, 0.4) is 0 Å². The van der Waals surface area contributed by atoms with Gasteiger partial charge in [0.15, 0.2) is 5.96 Å². The first-order valence-electron chi connectivity index (χ1n) is 8.31. The van der Waals surface area contributed by atoms with Gasteiger partial charge < -0.3 is 15.4 Å². The fourth-order valence-corrected chi connectivity index (χ4v) is 4.60. The Bertz CT molecular complexity index is 542. The van der Waals surface area contributed by atoms with Crippen LogP contribution in [0.1, 0.15) is 43.0 Å². The molecule has 2 N–H and O–H groups in total. The Balaban J connectivity index is 0.00000192. The second kappa shape index (κ2) is 8.16. The largest absolute Gasteiger partial charge is 0.378 e. The van der Waals surface area contributed by atoms with Crippen LogP contribution in [0.2, 0.25) is 0 Å². The summed E-state index contributed by atoms with van der Waals surface area (Å²) in [4.78, 5) is 5.77. The molecule has 130 valence electrons. The molecule has 6 heteroatoms. The van der Waals surface area contributed by atoms with Gasteiger partial charge in [0.1, 0.15) is 0 Å². The minimum atomic E-state index is 0. The molecule has 1 aromatic rings. The highest BCUT2D eigenvalue weighted by Crippen LogP contribution is 2.57. The van der Waals surface area contributed by atoms with Gasteiger partial charge in [0.05, 0.1) is 12.6 Å². The van der Waals surface area contributed by atoms with Gasteiger partial charge in [-0.25, -0.2) is 0 Å². The van der Waals surface area contributed by atoms with Gasteiger partial charge in [-0.2, -0.15) is 0 Å². The minimum Gasteiger partial charge on any atom is -0.378 e. The zero-order valence-corrected chi connectivity index (χ0v) is 17.4. The summed E-state index contributed by atoms with van der Waals surface area (Å²) in [5, 5.41) is 9.23. The SMILES string of the molecule is CCOC1CC(NC(=NC)NCc2sccc2C)C12CCC2.I.